The maximum Gasteiger partial charge on any atom is 0.251 e. The second kappa shape index (κ2) is 9.33. The average Bonchev–Trinajstić information content (AvgIpc) is 2.58. The van der Waals surface area contributed by atoms with E-state index in [4.69, 9.17) is 4.74 Å². The van der Waals surface area contributed by atoms with Crippen molar-refractivity contribution in [1.29, 1.82) is 0 Å². The predicted molar refractivity (Wildman–Crippen MR) is 95.8 cm³/mol. The smallest absolute Gasteiger partial charge is 0.251 e. The lowest BCUT2D eigenvalue weighted by atomic mass is 10.2. The van der Waals surface area contributed by atoms with Crippen LogP contribution in [0.5, 0.6) is 5.75 Å². The van der Waals surface area contributed by atoms with Crippen LogP contribution >= 0.6 is 15.9 Å². The Morgan fingerprint density at radius 3 is 2.74 bits per heavy atom. The first-order chi connectivity index (χ1) is 11.2. The summed E-state index contributed by atoms with van der Waals surface area (Å²) in [5.74, 6) is 0.607. The quantitative estimate of drug-likeness (QED) is 0.694. The van der Waals surface area contributed by atoms with Crippen molar-refractivity contribution in [2.75, 3.05) is 20.1 Å². The average molecular weight is 377 g/mol. The Labute approximate surface area is 145 Å². The molecule has 2 rings (SSSR count). The van der Waals surface area contributed by atoms with Crippen LogP contribution in [0.1, 0.15) is 22.3 Å². The van der Waals surface area contributed by atoms with Crippen LogP contribution in [0.3, 0.4) is 0 Å². The second-order valence-electron chi connectivity index (χ2n) is 5.12. The van der Waals surface area contributed by atoms with Crippen molar-refractivity contribution in [1.82, 2.24) is 10.6 Å². The molecule has 2 aromatic rings. The van der Waals surface area contributed by atoms with E-state index in [9.17, 15) is 4.79 Å². The number of hydrogen-bond acceptors (Lipinski definition) is 3. The largest absolute Gasteiger partial charge is 0.489 e. The third kappa shape index (κ3) is 5.69. The van der Waals surface area contributed by atoms with E-state index in [2.05, 4.69) is 26.6 Å². The van der Waals surface area contributed by atoms with E-state index in [1.807, 2.05) is 43.4 Å². The molecule has 4 nitrogen and oxygen atoms in total. The molecule has 0 aliphatic rings. The first-order valence-corrected chi connectivity index (χ1v) is 8.39. The van der Waals surface area contributed by atoms with Gasteiger partial charge in [-0.25, -0.2) is 0 Å². The Balaban J connectivity index is 1.91. The lowest BCUT2D eigenvalue weighted by Gasteiger charge is -2.10. The fourth-order valence-electron chi connectivity index (χ4n) is 2.07. The number of ether oxygens (including phenoxy) is 1. The molecule has 122 valence electrons. The van der Waals surface area contributed by atoms with Crippen LogP contribution in [-0.4, -0.2) is 26.0 Å². The second-order valence-corrected chi connectivity index (χ2v) is 5.98. The van der Waals surface area contributed by atoms with E-state index >= 15 is 0 Å². The monoisotopic (exact) mass is 376 g/mol. The van der Waals surface area contributed by atoms with Crippen molar-refractivity contribution in [3.05, 3.63) is 64.1 Å². The third-order valence-electron chi connectivity index (χ3n) is 3.34. The molecule has 2 aromatic carbocycles. The molecule has 23 heavy (non-hydrogen) atoms. The maximum absolute atomic E-state index is 12.1. The first-order valence-electron chi connectivity index (χ1n) is 7.60. The Bertz CT molecular complexity index is 646. The van der Waals surface area contributed by atoms with Gasteiger partial charge >= 0.3 is 0 Å². The highest BCUT2D eigenvalue weighted by molar-refractivity contribution is 9.10. The molecule has 0 bridgehead atoms. The van der Waals surface area contributed by atoms with Crippen LogP contribution in [-0.2, 0) is 6.61 Å². The molecule has 0 aliphatic heterocycles. The summed E-state index contributed by atoms with van der Waals surface area (Å²) in [4.78, 5) is 12.1. The van der Waals surface area contributed by atoms with Crippen LogP contribution in [0.4, 0.5) is 0 Å². The number of amides is 1. The van der Waals surface area contributed by atoms with Gasteiger partial charge in [0.05, 0.1) is 0 Å². The Morgan fingerprint density at radius 1 is 1.13 bits per heavy atom. The van der Waals surface area contributed by atoms with Gasteiger partial charge in [-0.3, -0.25) is 4.79 Å². The van der Waals surface area contributed by atoms with E-state index in [-0.39, 0.29) is 5.91 Å². The number of halogens is 1. The summed E-state index contributed by atoms with van der Waals surface area (Å²) in [6.45, 7) is 1.99. The highest BCUT2D eigenvalue weighted by Gasteiger charge is 2.07. The van der Waals surface area contributed by atoms with Crippen molar-refractivity contribution < 1.29 is 9.53 Å². The van der Waals surface area contributed by atoms with E-state index in [1.165, 1.54) is 0 Å². The zero-order valence-electron chi connectivity index (χ0n) is 13.1. The van der Waals surface area contributed by atoms with E-state index in [1.54, 1.807) is 12.1 Å². The van der Waals surface area contributed by atoms with E-state index in [0.717, 1.165) is 23.0 Å². The summed E-state index contributed by atoms with van der Waals surface area (Å²) in [5, 5.41) is 5.95. The fourth-order valence-corrected chi connectivity index (χ4v) is 2.47. The van der Waals surface area contributed by atoms with Crippen molar-refractivity contribution in [2.24, 2.45) is 0 Å². The molecule has 0 atom stereocenters. The van der Waals surface area contributed by atoms with Gasteiger partial charge in [-0.1, -0.05) is 40.2 Å². The molecule has 5 heteroatoms. The van der Waals surface area contributed by atoms with Gasteiger partial charge in [-0.05, 0) is 44.3 Å². The van der Waals surface area contributed by atoms with Gasteiger partial charge in [0.2, 0.25) is 0 Å². The van der Waals surface area contributed by atoms with E-state index in [0.29, 0.717) is 24.5 Å². The van der Waals surface area contributed by atoms with Gasteiger partial charge in [0, 0.05) is 22.1 Å². The molecule has 0 spiro atoms. The first kappa shape index (κ1) is 17.5. The van der Waals surface area contributed by atoms with Gasteiger partial charge < -0.3 is 15.4 Å². The minimum Gasteiger partial charge on any atom is -0.489 e. The molecule has 0 unspecified atom stereocenters. The molecule has 2 N–H and O–H groups in total. The highest BCUT2D eigenvalue weighted by atomic mass is 79.9. The Morgan fingerprint density at radius 2 is 1.96 bits per heavy atom. The van der Waals surface area contributed by atoms with Crippen LogP contribution in [0, 0.1) is 0 Å². The normalized spacial score (nSPS) is 10.3. The SMILES string of the molecule is CNCCCNC(=O)c1cccc(OCc2ccccc2Br)c1. The molecule has 0 saturated heterocycles. The van der Waals surface area contributed by atoms with Crippen molar-refractivity contribution in [2.45, 2.75) is 13.0 Å². The molecule has 1 amide bonds. The minimum atomic E-state index is -0.0764. The molecule has 0 heterocycles. The number of carbonyl (C=O) groups excluding carboxylic acids is 1. The van der Waals surface area contributed by atoms with Crippen molar-refractivity contribution in [3.63, 3.8) is 0 Å². The van der Waals surface area contributed by atoms with Crippen LogP contribution in [0.25, 0.3) is 0 Å². The molecular weight excluding hydrogens is 356 g/mol. The summed E-state index contributed by atoms with van der Waals surface area (Å²) < 4.78 is 6.80. The topological polar surface area (TPSA) is 50.4 Å². The summed E-state index contributed by atoms with van der Waals surface area (Å²) in [5.41, 5.74) is 1.67. The van der Waals surface area contributed by atoms with Gasteiger partial charge in [-0.15, -0.1) is 0 Å². The highest BCUT2D eigenvalue weighted by Crippen LogP contribution is 2.19. The Kier molecular flexibility index (Phi) is 7.10. The number of rotatable bonds is 8. The van der Waals surface area contributed by atoms with Gasteiger partial charge in [-0.2, -0.15) is 0 Å². The summed E-state index contributed by atoms with van der Waals surface area (Å²) in [6, 6.07) is 15.2. The van der Waals surface area contributed by atoms with Crippen LogP contribution in [0.2, 0.25) is 0 Å². The predicted octanol–water partition coefficient (Wildman–Crippen LogP) is 3.37. The van der Waals surface area contributed by atoms with Gasteiger partial charge in [0.25, 0.3) is 5.91 Å². The molecule has 0 fully saturated rings. The van der Waals surface area contributed by atoms with Crippen molar-refractivity contribution >= 4 is 21.8 Å². The molecule has 0 saturated carbocycles. The van der Waals surface area contributed by atoms with Gasteiger partial charge in [0.15, 0.2) is 0 Å². The maximum atomic E-state index is 12.1. The standard InChI is InChI=1S/C18H21BrN2O2/c1-20-10-5-11-21-18(22)14-7-4-8-16(12-14)23-13-15-6-2-3-9-17(15)19/h2-4,6-9,12,20H,5,10-11,13H2,1H3,(H,21,22). The zero-order chi connectivity index (χ0) is 16.5. The fraction of sp³-hybridized carbons (Fsp3) is 0.278. The van der Waals surface area contributed by atoms with E-state index < -0.39 is 0 Å². The summed E-state index contributed by atoms with van der Waals surface area (Å²) >= 11 is 3.50. The third-order valence-corrected chi connectivity index (χ3v) is 4.11. The number of hydrogen-bond donors (Lipinski definition) is 2. The zero-order valence-corrected chi connectivity index (χ0v) is 14.7. The molecule has 0 aliphatic carbocycles. The lowest BCUT2D eigenvalue weighted by molar-refractivity contribution is 0.0953. The molecular formula is C18H21BrN2O2. The van der Waals surface area contributed by atoms with Crippen LogP contribution < -0.4 is 15.4 Å². The lowest BCUT2D eigenvalue weighted by Crippen LogP contribution is -2.26. The number of benzene rings is 2. The summed E-state index contributed by atoms with van der Waals surface area (Å²) in [6.07, 6.45) is 0.903. The number of carbonyl (C=O) groups is 1. The minimum absolute atomic E-state index is 0.0764. The van der Waals surface area contributed by atoms with Crippen molar-refractivity contribution in [3.8, 4) is 5.75 Å². The van der Waals surface area contributed by atoms with Crippen LogP contribution in [0.15, 0.2) is 53.0 Å². The molecule has 0 radical (unpaired) electrons. The van der Waals surface area contributed by atoms with Gasteiger partial charge in [0.1, 0.15) is 12.4 Å². The number of nitrogens with one attached hydrogen (secondary N) is 2. The summed E-state index contributed by atoms with van der Waals surface area (Å²) in [7, 11) is 1.90. The molecule has 0 aromatic heterocycles. The Hall–Kier alpha value is -1.85.